The molecular formula is C18H32. The van der Waals surface area contributed by atoms with Gasteiger partial charge in [-0.15, -0.1) is 0 Å². The molecule has 0 bridgehead atoms. The van der Waals surface area contributed by atoms with Crippen LogP contribution in [0.25, 0.3) is 0 Å². The minimum absolute atomic E-state index is 1.27. The van der Waals surface area contributed by atoms with Crippen molar-refractivity contribution in [1.82, 2.24) is 0 Å². The van der Waals surface area contributed by atoms with Crippen LogP contribution in [0.5, 0.6) is 0 Å². The van der Waals surface area contributed by atoms with Crippen LogP contribution >= 0.6 is 0 Å². The van der Waals surface area contributed by atoms with E-state index in [1.807, 2.05) is 0 Å². The van der Waals surface area contributed by atoms with E-state index in [0.29, 0.717) is 0 Å². The average molecular weight is 248 g/mol. The number of hydrogen-bond acceptors (Lipinski definition) is 0. The Bertz CT molecular complexity index is 190. The third-order valence-electron chi connectivity index (χ3n) is 3.82. The molecular weight excluding hydrogens is 216 g/mol. The second-order valence-corrected chi connectivity index (χ2v) is 5.63. The maximum Gasteiger partial charge on any atom is -0.0348 e. The zero-order valence-electron chi connectivity index (χ0n) is 12.2. The molecule has 0 N–H and O–H groups in total. The fourth-order valence-electron chi connectivity index (χ4n) is 2.59. The molecule has 0 aromatic heterocycles. The Morgan fingerprint density at radius 2 is 0.556 bits per heavy atom. The van der Waals surface area contributed by atoms with Crippen LogP contribution in [0.3, 0.4) is 0 Å². The van der Waals surface area contributed by atoms with Crippen LogP contribution in [0.2, 0.25) is 0 Å². The average Bonchev–Trinajstić information content (AvgIpc) is 2.39. The zero-order chi connectivity index (χ0) is 12.7. The van der Waals surface area contributed by atoms with E-state index in [9.17, 15) is 0 Å². The SMILES string of the molecule is C1=C\CCCCCCCCCCC/C=C/CCC/1. The lowest BCUT2D eigenvalue weighted by Gasteiger charge is -2.02. The largest absolute Gasteiger partial charge is 0.0885 e. The fraction of sp³-hybridized carbons (Fsp3) is 0.778. The van der Waals surface area contributed by atoms with Gasteiger partial charge in [0.05, 0.1) is 0 Å². The predicted octanol–water partition coefficient (Wildman–Crippen LogP) is 6.57. The molecule has 0 atom stereocenters. The van der Waals surface area contributed by atoms with Crippen molar-refractivity contribution in [3.8, 4) is 0 Å². The molecule has 0 aromatic rings. The van der Waals surface area contributed by atoms with E-state index in [0.717, 1.165) is 0 Å². The highest BCUT2D eigenvalue weighted by Crippen LogP contribution is 2.12. The summed E-state index contributed by atoms with van der Waals surface area (Å²) in [6.45, 7) is 0. The molecule has 0 heteroatoms. The van der Waals surface area contributed by atoms with Crippen LogP contribution in [0.1, 0.15) is 89.9 Å². The molecule has 0 aromatic carbocycles. The van der Waals surface area contributed by atoms with Crippen molar-refractivity contribution < 1.29 is 0 Å². The lowest BCUT2D eigenvalue weighted by atomic mass is 10.0. The monoisotopic (exact) mass is 248 g/mol. The minimum atomic E-state index is 1.27. The quantitative estimate of drug-likeness (QED) is 0.425. The van der Waals surface area contributed by atoms with Crippen molar-refractivity contribution in [1.29, 1.82) is 0 Å². The van der Waals surface area contributed by atoms with Gasteiger partial charge in [0.25, 0.3) is 0 Å². The summed E-state index contributed by atoms with van der Waals surface area (Å²) in [4.78, 5) is 0. The van der Waals surface area contributed by atoms with Crippen LogP contribution < -0.4 is 0 Å². The molecule has 1 aliphatic carbocycles. The Kier molecular flexibility index (Phi) is 11.2. The molecule has 0 aliphatic heterocycles. The molecule has 104 valence electrons. The summed E-state index contributed by atoms with van der Waals surface area (Å²) in [5.74, 6) is 0. The molecule has 0 saturated heterocycles. The molecule has 0 heterocycles. The summed E-state index contributed by atoms with van der Waals surface area (Å²) in [7, 11) is 0. The Labute approximate surface area is 115 Å². The summed E-state index contributed by atoms with van der Waals surface area (Å²) >= 11 is 0. The smallest absolute Gasteiger partial charge is 0.0348 e. The van der Waals surface area contributed by atoms with E-state index in [4.69, 9.17) is 0 Å². The number of allylic oxidation sites excluding steroid dienone is 4. The Morgan fingerprint density at radius 3 is 0.944 bits per heavy atom. The van der Waals surface area contributed by atoms with Crippen LogP contribution in [0.15, 0.2) is 24.3 Å². The molecule has 1 rings (SSSR count). The number of hydrogen-bond donors (Lipinski definition) is 0. The second kappa shape index (κ2) is 12.9. The molecule has 0 unspecified atom stereocenters. The van der Waals surface area contributed by atoms with Crippen molar-refractivity contribution >= 4 is 0 Å². The van der Waals surface area contributed by atoms with Crippen molar-refractivity contribution in [2.45, 2.75) is 89.9 Å². The van der Waals surface area contributed by atoms with Gasteiger partial charge < -0.3 is 0 Å². The van der Waals surface area contributed by atoms with Gasteiger partial charge in [-0.1, -0.05) is 69.2 Å². The van der Waals surface area contributed by atoms with E-state index in [1.54, 1.807) is 0 Å². The van der Waals surface area contributed by atoms with Crippen LogP contribution in [-0.4, -0.2) is 0 Å². The van der Waals surface area contributed by atoms with Gasteiger partial charge >= 0.3 is 0 Å². The Hall–Kier alpha value is -0.520. The summed E-state index contributed by atoms with van der Waals surface area (Å²) in [6, 6.07) is 0. The van der Waals surface area contributed by atoms with Crippen molar-refractivity contribution in [3.05, 3.63) is 24.3 Å². The van der Waals surface area contributed by atoms with Crippen molar-refractivity contribution in [3.63, 3.8) is 0 Å². The van der Waals surface area contributed by atoms with Crippen LogP contribution in [-0.2, 0) is 0 Å². The fourth-order valence-corrected chi connectivity index (χ4v) is 2.59. The van der Waals surface area contributed by atoms with Crippen LogP contribution in [0, 0.1) is 0 Å². The summed E-state index contributed by atoms with van der Waals surface area (Å²) < 4.78 is 0. The lowest BCUT2D eigenvalue weighted by Crippen LogP contribution is -1.82. The van der Waals surface area contributed by atoms with Crippen molar-refractivity contribution in [2.24, 2.45) is 0 Å². The minimum Gasteiger partial charge on any atom is -0.0885 e. The summed E-state index contributed by atoms with van der Waals surface area (Å²) in [6.07, 6.45) is 29.0. The maximum absolute atomic E-state index is 2.40. The first kappa shape index (κ1) is 15.5. The van der Waals surface area contributed by atoms with Crippen molar-refractivity contribution in [2.75, 3.05) is 0 Å². The van der Waals surface area contributed by atoms with Gasteiger partial charge in [0, 0.05) is 0 Å². The standard InChI is InChI=1S/C18H32/c1-2-4-6-8-10-12-14-16-18-17-15-13-11-9-7-5-3-1/h1-2,9,11H,3-8,10,12-18H2/b2-1-,11-9+. The summed E-state index contributed by atoms with van der Waals surface area (Å²) in [5.41, 5.74) is 0. The molecule has 0 amide bonds. The van der Waals surface area contributed by atoms with Gasteiger partial charge in [0.2, 0.25) is 0 Å². The van der Waals surface area contributed by atoms with E-state index < -0.39 is 0 Å². The zero-order valence-corrected chi connectivity index (χ0v) is 12.2. The molecule has 18 heavy (non-hydrogen) atoms. The molecule has 0 radical (unpaired) electrons. The van der Waals surface area contributed by atoms with Gasteiger partial charge in [-0.05, 0) is 44.9 Å². The Morgan fingerprint density at radius 1 is 0.278 bits per heavy atom. The third-order valence-corrected chi connectivity index (χ3v) is 3.82. The molecule has 0 fully saturated rings. The first-order valence-corrected chi connectivity index (χ1v) is 8.30. The van der Waals surface area contributed by atoms with Gasteiger partial charge in [-0.3, -0.25) is 0 Å². The normalized spacial score (nSPS) is 25.8. The van der Waals surface area contributed by atoms with Gasteiger partial charge in [0.15, 0.2) is 0 Å². The van der Waals surface area contributed by atoms with E-state index in [-0.39, 0.29) is 0 Å². The first-order valence-electron chi connectivity index (χ1n) is 8.30. The lowest BCUT2D eigenvalue weighted by molar-refractivity contribution is 0.561. The predicted molar refractivity (Wildman–Crippen MR) is 82.9 cm³/mol. The molecule has 0 nitrogen and oxygen atoms in total. The highest BCUT2D eigenvalue weighted by molar-refractivity contribution is 4.85. The molecule has 0 spiro atoms. The van der Waals surface area contributed by atoms with Gasteiger partial charge in [-0.2, -0.15) is 0 Å². The number of rotatable bonds is 0. The topological polar surface area (TPSA) is 0 Å². The Balaban J connectivity index is 2.12. The molecule has 1 aliphatic rings. The third kappa shape index (κ3) is 10.6. The van der Waals surface area contributed by atoms with E-state index in [1.165, 1.54) is 89.9 Å². The molecule has 0 saturated carbocycles. The maximum atomic E-state index is 2.40. The van der Waals surface area contributed by atoms with Gasteiger partial charge in [-0.25, -0.2) is 0 Å². The van der Waals surface area contributed by atoms with E-state index in [2.05, 4.69) is 24.3 Å². The highest BCUT2D eigenvalue weighted by Gasteiger charge is 1.92. The first-order chi connectivity index (χ1) is 9.00. The highest BCUT2D eigenvalue weighted by atomic mass is 14.0. The summed E-state index contributed by atoms with van der Waals surface area (Å²) in [5, 5.41) is 0. The van der Waals surface area contributed by atoms with Crippen LogP contribution in [0.4, 0.5) is 0 Å². The second-order valence-electron chi connectivity index (χ2n) is 5.63. The van der Waals surface area contributed by atoms with E-state index >= 15 is 0 Å². The van der Waals surface area contributed by atoms with Gasteiger partial charge in [0.1, 0.15) is 0 Å².